The van der Waals surface area contributed by atoms with E-state index < -0.39 is 0 Å². The molecule has 3 rings (SSSR count). The standard InChI is InChI=1S/C16H20N2O3.ClH/c1-18-9-5-6-13(18)11-20-16-10-15(21-17-16)12-19-14-7-3-2-4-8-14;/h2-4,7-8,10,13H,5-6,9,11-12H2,1H3;1H/t13-;/m1./s1. The topological polar surface area (TPSA) is 47.7 Å². The summed E-state index contributed by atoms with van der Waals surface area (Å²) in [5.74, 6) is 2.00. The number of ether oxygens (including phenoxy) is 2. The van der Waals surface area contributed by atoms with E-state index in [1.807, 2.05) is 30.3 Å². The maximum atomic E-state index is 5.69. The maximum absolute atomic E-state index is 5.69. The molecule has 0 amide bonds. The molecule has 1 saturated heterocycles. The van der Waals surface area contributed by atoms with Gasteiger partial charge in [0.2, 0.25) is 0 Å². The summed E-state index contributed by atoms with van der Waals surface area (Å²) in [6.45, 7) is 2.15. The Labute approximate surface area is 136 Å². The third kappa shape index (κ3) is 4.39. The van der Waals surface area contributed by atoms with E-state index in [0.29, 0.717) is 30.9 Å². The number of halogens is 1. The summed E-state index contributed by atoms with van der Waals surface area (Å²) in [7, 11) is 2.13. The highest BCUT2D eigenvalue weighted by atomic mass is 35.5. The molecular weight excluding hydrogens is 304 g/mol. The molecule has 120 valence electrons. The van der Waals surface area contributed by atoms with Crippen LogP contribution in [0.1, 0.15) is 18.6 Å². The number of para-hydroxylation sites is 1. The lowest BCUT2D eigenvalue weighted by molar-refractivity contribution is 0.184. The second-order valence-corrected chi connectivity index (χ2v) is 5.32. The molecule has 1 aromatic heterocycles. The quantitative estimate of drug-likeness (QED) is 0.817. The number of hydrogen-bond donors (Lipinski definition) is 0. The van der Waals surface area contributed by atoms with Crippen molar-refractivity contribution in [2.24, 2.45) is 0 Å². The van der Waals surface area contributed by atoms with Crippen LogP contribution >= 0.6 is 12.4 Å². The number of hydrogen-bond acceptors (Lipinski definition) is 5. The fourth-order valence-corrected chi connectivity index (χ4v) is 2.47. The van der Waals surface area contributed by atoms with E-state index in [1.54, 1.807) is 6.07 Å². The van der Waals surface area contributed by atoms with Crippen LogP contribution in [-0.2, 0) is 6.61 Å². The van der Waals surface area contributed by atoms with Crippen LogP contribution in [0.25, 0.3) is 0 Å². The molecule has 6 heteroatoms. The third-order valence-electron chi connectivity index (χ3n) is 3.76. The van der Waals surface area contributed by atoms with Gasteiger partial charge in [0, 0.05) is 12.1 Å². The first-order valence-corrected chi connectivity index (χ1v) is 7.28. The first-order valence-electron chi connectivity index (χ1n) is 7.28. The molecule has 1 atom stereocenters. The van der Waals surface area contributed by atoms with Crippen molar-refractivity contribution in [2.75, 3.05) is 20.2 Å². The predicted octanol–water partition coefficient (Wildman–Crippen LogP) is 3.15. The van der Waals surface area contributed by atoms with Crippen LogP contribution in [-0.4, -0.2) is 36.3 Å². The van der Waals surface area contributed by atoms with Crippen LogP contribution in [0.2, 0.25) is 0 Å². The Hall–Kier alpha value is -1.72. The molecule has 0 bridgehead atoms. The van der Waals surface area contributed by atoms with Crippen LogP contribution in [0.15, 0.2) is 40.9 Å². The van der Waals surface area contributed by atoms with Gasteiger partial charge in [-0.05, 0) is 43.7 Å². The summed E-state index contributed by atoms with van der Waals surface area (Å²) in [4.78, 5) is 2.32. The van der Waals surface area contributed by atoms with E-state index in [-0.39, 0.29) is 12.4 Å². The number of likely N-dealkylation sites (N-methyl/N-ethyl adjacent to an activating group) is 1. The number of benzene rings is 1. The number of nitrogens with zero attached hydrogens (tertiary/aromatic N) is 2. The van der Waals surface area contributed by atoms with Gasteiger partial charge in [-0.25, -0.2) is 0 Å². The lowest BCUT2D eigenvalue weighted by Crippen LogP contribution is -2.30. The molecule has 0 spiro atoms. The van der Waals surface area contributed by atoms with Crippen molar-refractivity contribution in [3.8, 4) is 11.6 Å². The highest BCUT2D eigenvalue weighted by molar-refractivity contribution is 5.85. The summed E-state index contributed by atoms with van der Waals surface area (Å²) in [6, 6.07) is 11.9. The minimum atomic E-state index is 0. The van der Waals surface area contributed by atoms with Gasteiger partial charge >= 0.3 is 0 Å². The van der Waals surface area contributed by atoms with Crippen molar-refractivity contribution in [2.45, 2.75) is 25.5 Å². The summed E-state index contributed by atoms with van der Waals surface area (Å²) in [5, 5.41) is 3.92. The summed E-state index contributed by atoms with van der Waals surface area (Å²) in [6.07, 6.45) is 2.41. The zero-order chi connectivity index (χ0) is 14.5. The van der Waals surface area contributed by atoms with Crippen LogP contribution in [0.4, 0.5) is 0 Å². The minimum Gasteiger partial charge on any atom is -0.486 e. The van der Waals surface area contributed by atoms with Gasteiger partial charge in [0.1, 0.15) is 19.0 Å². The highest BCUT2D eigenvalue weighted by Crippen LogP contribution is 2.18. The fraction of sp³-hybridized carbons (Fsp3) is 0.438. The molecule has 0 saturated carbocycles. The lowest BCUT2D eigenvalue weighted by Gasteiger charge is -2.18. The van der Waals surface area contributed by atoms with Crippen molar-refractivity contribution in [1.82, 2.24) is 10.1 Å². The van der Waals surface area contributed by atoms with E-state index >= 15 is 0 Å². The normalized spacial score (nSPS) is 18.0. The summed E-state index contributed by atoms with van der Waals surface area (Å²) in [5.41, 5.74) is 0. The fourth-order valence-electron chi connectivity index (χ4n) is 2.47. The molecule has 0 N–H and O–H groups in total. The first-order chi connectivity index (χ1) is 10.3. The van der Waals surface area contributed by atoms with Crippen molar-refractivity contribution in [3.05, 3.63) is 42.2 Å². The van der Waals surface area contributed by atoms with Gasteiger partial charge in [-0.3, -0.25) is 0 Å². The zero-order valence-electron chi connectivity index (χ0n) is 12.6. The predicted molar refractivity (Wildman–Crippen MR) is 85.7 cm³/mol. The Bertz CT molecular complexity index is 562. The van der Waals surface area contributed by atoms with E-state index in [0.717, 1.165) is 12.3 Å². The van der Waals surface area contributed by atoms with Crippen LogP contribution in [0.5, 0.6) is 11.6 Å². The average molecular weight is 325 g/mol. The molecule has 1 fully saturated rings. The highest BCUT2D eigenvalue weighted by Gasteiger charge is 2.21. The van der Waals surface area contributed by atoms with Crippen LogP contribution in [0.3, 0.4) is 0 Å². The van der Waals surface area contributed by atoms with Gasteiger partial charge in [0.25, 0.3) is 5.88 Å². The Balaban J connectivity index is 0.00000176. The monoisotopic (exact) mass is 324 g/mol. The van der Waals surface area contributed by atoms with Crippen LogP contribution < -0.4 is 9.47 Å². The van der Waals surface area contributed by atoms with E-state index in [4.69, 9.17) is 14.0 Å². The molecule has 1 aliphatic rings. The first kappa shape index (κ1) is 16.6. The minimum absolute atomic E-state index is 0. The van der Waals surface area contributed by atoms with Crippen molar-refractivity contribution < 1.29 is 14.0 Å². The van der Waals surface area contributed by atoms with Gasteiger partial charge in [0.05, 0.1) is 0 Å². The molecule has 5 nitrogen and oxygen atoms in total. The van der Waals surface area contributed by atoms with Crippen molar-refractivity contribution in [3.63, 3.8) is 0 Å². The second-order valence-electron chi connectivity index (χ2n) is 5.32. The van der Waals surface area contributed by atoms with Gasteiger partial charge < -0.3 is 18.9 Å². The molecule has 2 aromatic rings. The van der Waals surface area contributed by atoms with Crippen molar-refractivity contribution >= 4 is 12.4 Å². The Morgan fingerprint density at radius 1 is 1.27 bits per heavy atom. The smallest absolute Gasteiger partial charge is 0.254 e. The molecule has 0 radical (unpaired) electrons. The maximum Gasteiger partial charge on any atom is 0.254 e. The third-order valence-corrected chi connectivity index (χ3v) is 3.76. The average Bonchev–Trinajstić information content (AvgIpc) is 3.13. The Kier molecular flexibility index (Phi) is 6.10. The SMILES string of the molecule is CN1CCC[C@@H]1COc1cc(COc2ccccc2)on1.Cl. The van der Waals surface area contributed by atoms with E-state index in [2.05, 4.69) is 17.1 Å². The molecule has 1 aromatic carbocycles. The Morgan fingerprint density at radius 3 is 2.82 bits per heavy atom. The van der Waals surface area contributed by atoms with Gasteiger partial charge in [-0.1, -0.05) is 18.2 Å². The zero-order valence-corrected chi connectivity index (χ0v) is 13.4. The largest absolute Gasteiger partial charge is 0.486 e. The van der Waals surface area contributed by atoms with Gasteiger partial charge in [0.15, 0.2) is 5.76 Å². The molecule has 1 aliphatic heterocycles. The number of likely N-dealkylation sites (tertiary alicyclic amines) is 1. The molecular formula is C16H21ClN2O3. The summed E-state index contributed by atoms with van der Waals surface area (Å²) >= 11 is 0. The number of aromatic nitrogens is 1. The summed E-state index contributed by atoms with van der Waals surface area (Å²) < 4.78 is 16.5. The van der Waals surface area contributed by atoms with Gasteiger partial charge in [-0.15, -0.1) is 12.4 Å². The van der Waals surface area contributed by atoms with E-state index in [9.17, 15) is 0 Å². The number of rotatable bonds is 6. The molecule has 2 heterocycles. The van der Waals surface area contributed by atoms with Crippen LogP contribution in [0, 0.1) is 0 Å². The molecule has 0 unspecified atom stereocenters. The molecule has 0 aliphatic carbocycles. The Morgan fingerprint density at radius 2 is 2.09 bits per heavy atom. The molecule has 22 heavy (non-hydrogen) atoms. The second kappa shape index (κ2) is 8.06. The van der Waals surface area contributed by atoms with E-state index in [1.165, 1.54) is 12.8 Å². The lowest BCUT2D eigenvalue weighted by atomic mass is 10.2. The van der Waals surface area contributed by atoms with Crippen molar-refractivity contribution in [1.29, 1.82) is 0 Å². The van der Waals surface area contributed by atoms with Gasteiger partial charge in [-0.2, -0.15) is 0 Å².